The Morgan fingerprint density at radius 1 is 1.08 bits per heavy atom. The highest BCUT2D eigenvalue weighted by Gasteiger charge is 2.33. The average Bonchev–Trinajstić information content (AvgIpc) is 2.54. The molecule has 0 spiro atoms. The van der Waals surface area contributed by atoms with Gasteiger partial charge in [-0.25, -0.2) is 0 Å². The van der Waals surface area contributed by atoms with Crippen LogP contribution in [-0.2, 0) is 19.7 Å². The first-order valence-corrected chi connectivity index (χ1v) is 10.3. The molecule has 0 aromatic heterocycles. The van der Waals surface area contributed by atoms with Crippen LogP contribution in [0.1, 0.15) is 41.0 Å². The van der Waals surface area contributed by atoms with Crippen molar-refractivity contribution < 1.29 is 17.9 Å². The Bertz CT molecular complexity index is 484. The third kappa shape index (κ3) is 5.68. The summed E-state index contributed by atoms with van der Waals surface area (Å²) < 4.78 is 33.5. The summed E-state index contributed by atoms with van der Waals surface area (Å²) in [4.78, 5) is 14.1. The molecule has 0 radical (unpaired) electrons. The second-order valence-corrected chi connectivity index (χ2v) is 8.44. The van der Waals surface area contributed by atoms with Crippen LogP contribution in [0.4, 0.5) is 0 Å². The molecule has 0 aromatic rings. The maximum Gasteiger partial charge on any atom is 0.282 e. The predicted molar refractivity (Wildman–Crippen MR) is 94.9 cm³/mol. The summed E-state index contributed by atoms with van der Waals surface area (Å²) in [5.41, 5.74) is 0. The Balaban J connectivity index is 2.51. The Kier molecular flexibility index (Phi) is 8.62. The van der Waals surface area contributed by atoms with Crippen molar-refractivity contribution >= 4 is 16.1 Å². The number of piperazine rings is 1. The van der Waals surface area contributed by atoms with Gasteiger partial charge in [0.2, 0.25) is 0 Å². The van der Waals surface area contributed by atoms with Gasteiger partial charge in [-0.1, -0.05) is 27.7 Å². The van der Waals surface area contributed by atoms with E-state index in [1.807, 2.05) is 13.8 Å². The number of hydrogen-bond acceptors (Lipinski definition) is 4. The SMILES string of the molecule is CCN(CC)S(=O)(=O)N1CCN(C(=O)C(C)OCCC(C)C)CC1. The highest BCUT2D eigenvalue weighted by atomic mass is 32.2. The molecule has 0 aliphatic carbocycles. The number of rotatable bonds is 9. The smallest absolute Gasteiger partial charge is 0.282 e. The molecule has 1 aliphatic rings. The summed E-state index contributed by atoms with van der Waals surface area (Å²) in [6.45, 7) is 12.6. The van der Waals surface area contributed by atoms with E-state index in [-0.39, 0.29) is 5.91 Å². The minimum atomic E-state index is -3.42. The van der Waals surface area contributed by atoms with E-state index in [0.29, 0.717) is 51.8 Å². The molecular weight excluding hydrogens is 330 g/mol. The third-order valence-corrected chi connectivity index (χ3v) is 6.51. The van der Waals surface area contributed by atoms with E-state index in [1.165, 1.54) is 8.61 Å². The van der Waals surface area contributed by atoms with Crippen LogP contribution in [0.15, 0.2) is 0 Å². The zero-order chi connectivity index (χ0) is 18.3. The molecule has 142 valence electrons. The van der Waals surface area contributed by atoms with Crippen molar-refractivity contribution in [2.45, 2.75) is 47.1 Å². The number of carbonyl (C=O) groups excluding carboxylic acids is 1. The average molecular weight is 364 g/mol. The summed E-state index contributed by atoms with van der Waals surface area (Å²) in [6, 6.07) is 0. The molecule has 7 nitrogen and oxygen atoms in total. The first-order chi connectivity index (χ1) is 11.2. The molecule has 1 amide bonds. The number of amides is 1. The van der Waals surface area contributed by atoms with E-state index in [1.54, 1.807) is 11.8 Å². The van der Waals surface area contributed by atoms with Crippen molar-refractivity contribution in [2.24, 2.45) is 5.92 Å². The second-order valence-electron chi connectivity index (χ2n) is 6.51. The summed E-state index contributed by atoms with van der Waals surface area (Å²) in [5, 5.41) is 0. The molecule has 1 unspecified atom stereocenters. The number of carbonyl (C=O) groups is 1. The highest BCUT2D eigenvalue weighted by Crippen LogP contribution is 2.13. The quantitative estimate of drug-likeness (QED) is 0.616. The van der Waals surface area contributed by atoms with Crippen molar-refractivity contribution in [1.82, 2.24) is 13.5 Å². The Hall–Kier alpha value is -0.700. The van der Waals surface area contributed by atoms with Crippen LogP contribution in [0.2, 0.25) is 0 Å². The molecule has 1 saturated heterocycles. The molecule has 0 aromatic carbocycles. The van der Waals surface area contributed by atoms with E-state index in [2.05, 4.69) is 13.8 Å². The summed E-state index contributed by atoms with van der Waals surface area (Å²) in [6.07, 6.45) is 0.447. The summed E-state index contributed by atoms with van der Waals surface area (Å²) in [7, 11) is -3.42. The van der Waals surface area contributed by atoms with E-state index >= 15 is 0 Å². The molecule has 1 heterocycles. The van der Waals surface area contributed by atoms with Crippen LogP contribution in [0.5, 0.6) is 0 Å². The lowest BCUT2D eigenvalue weighted by Gasteiger charge is -2.37. The normalized spacial score (nSPS) is 18.4. The third-order valence-electron chi connectivity index (χ3n) is 4.32. The molecule has 1 atom stereocenters. The van der Waals surface area contributed by atoms with Crippen molar-refractivity contribution in [3.63, 3.8) is 0 Å². The van der Waals surface area contributed by atoms with Gasteiger partial charge in [-0.2, -0.15) is 17.0 Å². The van der Waals surface area contributed by atoms with Crippen molar-refractivity contribution in [3.8, 4) is 0 Å². The Morgan fingerprint density at radius 3 is 2.08 bits per heavy atom. The van der Waals surface area contributed by atoms with Gasteiger partial charge >= 0.3 is 0 Å². The molecule has 1 aliphatic heterocycles. The van der Waals surface area contributed by atoms with Gasteiger partial charge in [0.1, 0.15) is 6.10 Å². The number of ether oxygens (including phenoxy) is 1. The van der Waals surface area contributed by atoms with E-state index < -0.39 is 16.3 Å². The monoisotopic (exact) mass is 363 g/mol. The van der Waals surface area contributed by atoms with Gasteiger partial charge in [0, 0.05) is 45.9 Å². The standard InChI is InChI=1S/C16H33N3O4S/c1-6-18(7-2)24(21,22)19-11-9-17(10-12-19)16(20)15(5)23-13-8-14(3)4/h14-15H,6-13H2,1-5H3. The van der Waals surface area contributed by atoms with E-state index in [9.17, 15) is 13.2 Å². The minimum absolute atomic E-state index is 0.0568. The van der Waals surface area contributed by atoms with Crippen LogP contribution < -0.4 is 0 Å². The highest BCUT2D eigenvalue weighted by molar-refractivity contribution is 7.86. The lowest BCUT2D eigenvalue weighted by atomic mass is 10.1. The van der Waals surface area contributed by atoms with Gasteiger partial charge in [-0.15, -0.1) is 0 Å². The minimum Gasteiger partial charge on any atom is -0.369 e. The summed E-state index contributed by atoms with van der Waals surface area (Å²) in [5.74, 6) is 0.486. The van der Waals surface area contributed by atoms with E-state index in [4.69, 9.17) is 4.74 Å². The van der Waals surface area contributed by atoms with Crippen molar-refractivity contribution in [2.75, 3.05) is 45.9 Å². The topological polar surface area (TPSA) is 70.2 Å². The lowest BCUT2D eigenvalue weighted by molar-refractivity contribution is -0.144. The molecule has 1 fully saturated rings. The molecule has 0 N–H and O–H groups in total. The first kappa shape index (κ1) is 21.3. The number of hydrogen-bond donors (Lipinski definition) is 0. The van der Waals surface area contributed by atoms with Crippen LogP contribution >= 0.6 is 0 Å². The fourth-order valence-corrected chi connectivity index (χ4v) is 4.27. The van der Waals surface area contributed by atoms with E-state index in [0.717, 1.165) is 6.42 Å². The van der Waals surface area contributed by atoms with Gasteiger partial charge in [-0.05, 0) is 19.3 Å². The maximum absolute atomic E-state index is 12.5. The molecular formula is C16H33N3O4S. The van der Waals surface area contributed by atoms with Gasteiger partial charge in [0.15, 0.2) is 0 Å². The molecule has 24 heavy (non-hydrogen) atoms. The van der Waals surface area contributed by atoms with Gasteiger partial charge in [-0.3, -0.25) is 4.79 Å². The lowest BCUT2D eigenvalue weighted by Crippen LogP contribution is -2.55. The molecule has 0 bridgehead atoms. The molecule has 0 saturated carbocycles. The van der Waals surface area contributed by atoms with Crippen molar-refractivity contribution in [1.29, 1.82) is 0 Å². The van der Waals surface area contributed by atoms with Crippen molar-refractivity contribution in [3.05, 3.63) is 0 Å². The van der Waals surface area contributed by atoms with Gasteiger partial charge < -0.3 is 9.64 Å². The summed E-state index contributed by atoms with van der Waals surface area (Å²) >= 11 is 0. The first-order valence-electron chi connectivity index (χ1n) is 8.89. The van der Waals surface area contributed by atoms with Crippen LogP contribution in [0.3, 0.4) is 0 Å². The maximum atomic E-state index is 12.5. The fraction of sp³-hybridized carbons (Fsp3) is 0.938. The van der Waals surface area contributed by atoms with Gasteiger partial charge in [0.25, 0.3) is 16.1 Å². The Labute approximate surface area is 147 Å². The molecule has 8 heteroatoms. The van der Waals surface area contributed by atoms with Gasteiger partial charge in [0.05, 0.1) is 0 Å². The Morgan fingerprint density at radius 2 is 1.62 bits per heavy atom. The van der Waals surface area contributed by atoms with Crippen LogP contribution in [0, 0.1) is 5.92 Å². The fourth-order valence-electron chi connectivity index (χ4n) is 2.66. The number of nitrogens with zero attached hydrogens (tertiary/aromatic N) is 3. The molecule has 1 rings (SSSR count). The largest absolute Gasteiger partial charge is 0.369 e. The zero-order valence-corrected chi connectivity index (χ0v) is 16.5. The zero-order valence-electron chi connectivity index (χ0n) is 15.7. The second kappa shape index (κ2) is 9.70. The van der Waals surface area contributed by atoms with Crippen LogP contribution in [-0.4, -0.2) is 79.8 Å². The predicted octanol–water partition coefficient (Wildman–Crippen LogP) is 1.17. The van der Waals surface area contributed by atoms with Crippen LogP contribution in [0.25, 0.3) is 0 Å².